The summed E-state index contributed by atoms with van der Waals surface area (Å²) in [6.45, 7) is 7.98. The first kappa shape index (κ1) is 36.0. The number of nitrogens with zero attached hydrogens (tertiary/aromatic N) is 4. The molecule has 1 unspecified atom stereocenters. The molecule has 51 heavy (non-hydrogen) atoms. The van der Waals surface area contributed by atoms with Gasteiger partial charge in [0, 0.05) is 32.3 Å². The van der Waals surface area contributed by atoms with Crippen molar-refractivity contribution in [3.8, 4) is 5.75 Å². The number of hydrogen-bond donors (Lipinski definition) is 1. The van der Waals surface area contributed by atoms with Gasteiger partial charge in [0.05, 0.1) is 51.7 Å². The molecule has 4 aromatic carbocycles. The molecule has 1 aromatic heterocycles. The summed E-state index contributed by atoms with van der Waals surface area (Å²) in [6, 6.07) is 32.8. The van der Waals surface area contributed by atoms with E-state index in [0.717, 1.165) is 41.9 Å². The van der Waals surface area contributed by atoms with Crippen molar-refractivity contribution in [2.75, 3.05) is 18.6 Å². The third kappa shape index (κ3) is 6.60. The molecule has 7 rings (SSSR count). The predicted octanol–water partition coefficient (Wildman–Crippen LogP) is 7.63. The van der Waals surface area contributed by atoms with Crippen LogP contribution >= 0.6 is 38.5 Å². The first-order chi connectivity index (χ1) is 24.6. The van der Waals surface area contributed by atoms with Crippen molar-refractivity contribution >= 4 is 63.4 Å². The Balaban J connectivity index is 1.26. The lowest BCUT2D eigenvalue weighted by molar-refractivity contribution is -0.146. The number of aliphatic hydroxyl groups is 1. The number of ether oxygens (including phenoxy) is 2. The maximum atomic E-state index is 15.1. The van der Waals surface area contributed by atoms with Crippen molar-refractivity contribution in [2.24, 2.45) is 5.92 Å². The minimum absolute atomic E-state index is 0.00863. The standard InChI is InChI=1S/C40H42BrIN4O4Si/c1-26-38(51(3,4)32-16-14-31(49-2)15-17-32)37(19-20-45-24-35(43-44-45)33(25-47)28-10-6-5-7-11-28)50-40(26)34-22-29(41)13-18-36(34)46(39(40)48)23-27-9-8-12-30(42)21-27/h5-18,21-22,24,26,33,37-38,47H,19-20,23,25H2,1-4H3/t26-,33?,37+,38-,40+/m1/s1. The van der Waals surface area contributed by atoms with Gasteiger partial charge in [-0.2, -0.15) is 0 Å². The monoisotopic (exact) mass is 876 g/mol. The second-order valence-electron chi connectivity index (χ2n) is 14.2. The molecule has 1 fully saturated rings. The molecule has 0 radical (unpaired) electrons. The summed E-state index contributed by atoms with van der Waals surface area (Å²) in [5.74, 6) is 0.438. The van der Waals surface area contributed by atoms with Crippen LogP contribution in [0.15, 0.2) is 108 Å². The average Bonchev–Trinajstić information content (AvgIpc) is 3.78. The van der Waals surface area contributed by atoms with Crippen molar-refractivity contribution in [3.63, 3.8) is 0 Å². The van der Waals surface area contributed by atoms with E-state index in [9.17, 15) is 5.11 Å². The fourth-order valence-electron chi connectivity index (χ4n) is 8.43. The van der Waals surface area contributed by atoms with Gasteiger partial charge >= 0.3 is 0 Å². The molecule has 2 aliphatic rings. The topological polar surface area (TPSA) is 89.7 Å². The van der Waals surface area contributed by atoms with Gasteiger partial charge in [0.1, 0.15) is 5.75 Å². The van der Waals surface area contributed by atoms with E-state index in [0.29, 0.717) is 19.5 Å². The maximum absolute atomic E-state index is 15.1. The van der Waals surface area contributed by atoms with E-state index >= 15 is 4.79 Å². The highest BCUT2D eigenvalue weighted by atomic mass is 127. The van der Waals surface area contributed by atoms with Crippen LogP contribution in [0.3, 0.4) is 0 Å². The molecule has 0 bridgehead atoms. The van der Waals surface area contributed by atoms with Gasteiger partial charge in [0.25, 0.3) is 5.91 Å². The number of fused-ring (bicyclic) bond motifs is 2. The molecule has 5 atom stereocenters. The number of anilines is 1. The predicted molar refractivity (Wildman–Crippen MR) is 214 cm³/mol. The first-order valence-corrected chi connectivity index (χ1v) is 22.3. The fourth-order valence-corrected chi connectivity index (χ4v) is 13.5. The third-order valence-electron chi connectivity index (χ3n) is 11.0. The van der Waals surface area contributed by atoms with Gasteiger partial charge in [-0.15, -0.1) is 5.10 Å². The number of rotatable bonds is 11. The molecule has 1 amide bonds. The van der Waals surface area contributed by atoms with Crippen LogP contribution in [0.5, 0.6) is 5.75 Å². The number of amides is 1. The number of aromatic nitrogens is 3. The Morgan fingerprint density at radius 2 is 1.80 bits per heavy atom. The molecule has 0 aliphatic carbocycles. The summed E-state index contributed by atoms with van der Waals surface area (Å²) in [7, 11) is -0.627. The average molecular weight is 878 g/mol. The maximum Gasteiger partial charge on any atom is 0.264 e. The minimum Gasteiger partial charge on any atom is -0.497 e. The molecule has 5 aromatic rings. The fraction of sp³-hybridized carbons (Fsp3) is 0.325. The zero-order valence-electron chi connectivity index (χ0n) is 29.2. The zero-order valence-corrected chi connectivity index (χ0v) is 33.9. The van der Waals surface area contributed by atoms with Crippen LogP contribution in [0, 0.1) is 9.49 Å². The van der Waals surface area contributed by atoms with Crippen LogP contribution in [-0.2, 0) is 28.2 Å². The lowest BCUT2D eigenvalue weighted by atomic mass is 9.82. The Bertz CT molecular complexity index is 2030. The van der Waals surface area contributed by atoms with E-state index in [4.69, 9.17) is 9.47 Å². The Kier molecular flexibility index (Phi) is 10.3. The Morgan fingerprint density at radius 1 is 1.04 bits per heavy atom. The molecule has 1 N–H and O–H groups in total. The second-order valence-corrected chi connectivity index (χ2v) is 21.0. The van der Waals surface area contributed by atoms with Crippen LogP contribution in [0.1, 0.15) is 41.6 Å². The number of halogens is 2. The van der Waals surface area contributed by atoms with E-state index < -0.39 is 13.7 Å². The summed E-state index contributed by atoms with van der Waals surface area (Å²) in [4.78, 5) is 17.0. The third-order valence-corrected chi connectivity index (χ3v) is 16.5. The number of carbonyl (C=O) groups is 1. The van der Waals surface area contributed by atoms with Crippen LogP contribution in [0.4, 0.5) is 5.69 Å². The van der Waals surface area contributed by atoms with Crippen molar-refractivity contribution < 1.29 is 19.4 Å². The minimum atomic E-state index is -2.31. The highest BCUT2D eigenvalue weighted by molar-refractivity contribution is 14.1. The van der Waals surface area contributed by atoms with Crippen molar-refractivity contribution in [1.82, 2.24) is 15.0 Å². The van der Waals surface area contributed by atoms with Gasteiger partial charge in [-0.1, -0.05) is 101 Å². The van der Waals surface area contributed by atoms with Gasteiger partial charge in [-0.05, 0) is 88.1 Å². The largest absolute Gasteiger partial charge is 0.497 e. The summed E-state index contributed by atoms with van der Waals surface area (Å²) in [5, 5.41) is 20.5. The van der Waals surface area contributed by atoms with Crippen LogP contribution < -0.4 is 14.8 Å². The second kappa shape index (κ2) is 14.6. The molecule has 3 heterocycles. The van der Waals surface area contributed by atoms with Gasteiger partial charge in [0.15, 0.2) is 5.60 Å². The smallest absolute Gasteiger partial charge is 0.264 e. The van der Waals surface area contributed by atoms with Gasteiger partial charge in [-0.3, -0.25) is 9.48 Å². The van der Waals surface area contributed by atoms with Gasteiger partial charge in [0.2, 0.25) is 0 Å². The van der Waals surface area contributed by atoms with Gasteiger partial charge < -0.3 is 19.5 Å². The molecule has 11 heteroatoms. The van der Waals surface area contributed by atoms with Crippen LogP contribution in [-0.4, -0.2) is 53.9 Å². The SMILES string of the molecule is COc1ccc([Si](C)(C)[C@H]2[C@H](CCn3cc(C(CO)c4ccccc4)nn3)O[C@@]3(C(=O)N(Cc4cccc(I)c4)c4ccc(Br)cc43)[C@@H]2C)cc1. The highest BCUT2D eigenvalue weighted by Crippen LogP contribution is 2.60. The van der Waals surface area contributed by atoms with E-state index in [1.54, 1.807) is 7.11 Å². The molecular weight excluding hydrogens is 835 g/mol. The van der Waals surface area contributed by atoms with E-state index in [2.05, 4.69) is 105 Å². The van der Waals surface area contributed by atoms with E-state index in [1.165, 1.54) is 5.19 Å². The number of methoxy groups -OCH3 is 1. The number of aryl methyl sites for hydroxylation is 1. The molecule has 1 saturated heterocycles. The lowest BCUT2D eigenvalue weighted by Crippen LogP contribution is -2.51. The normalized spacial score (nSPS) is 22.1. The summed E-state index contributed by atoms with van der Waals surface area (Å²) in [5.41, 5.74) is 3.56. The Hall–Kier alpha value is -3.36. The lowest BCUT2D eigenvalue weighted by Gasteiger charge is -2.37. The Labute approximate surface area is 322 Å². The van der Waals surface area contributed by atoms with Crippen molar-refractivity contribution in [1.29, 1.82) is 0 Å². The Morgan fingerprint density at radius 3 is 2.51 bits per heavy atom. The number of benzene rings is 4. The highest BCUT2D eigenvalue weighted by Gasteiger charge is 2.66. The van der Waals surface area contributed by atoms with Crippen LogP contribution in [0.25, 0.3) is 0 Å². The number of carbonyl (C=O) groups excluding carboxylic acids is 1. The molecule has 8 nitrogen and oxygen atoms in total. The summed E-state index contributed by atoms with van der Waals surface area (Å²) in [6.07, 6.45) is 2.35. The molecule has 264 valence electrons. The van der Waals surface area contributed by atoms with Crippen LogP contribution in [0.2, 0.25) is 18.6 Å². The van der Waals surface area contributed by atoms with E-state index in [-0.39, 0.29) is 36.0 Å². The molecule has 2 aliphatic heterocycles. The molecule has 0 saturated carbocycles. The molecule has 1 spiro atoms. The number of hydrogen-bond acceptors (Lipinski definition) is 6. The number of aliphatic hydroxyl groups excluding tert-OH is 1. The zero-order chi connectivity index (χ0) is 35.9. The first-order valence-electron chi connectivity index (χ1n) is 17.3. The quantitative estimate of drug-likeness (QED) is 0.109. The summed E-state index contributed by atoms with van der Waals surface area (Å²) >= 11 is 6.05. The van der Waals surface area contributed by atoms with Crippen molar-refractivity contribution in [3.05, 3.63) is 134 Å². The van der Waals surface area contributed by atoms with Gasteiger partial charge in [-0.25, -0.2) is 0 Å². The van der Waals surface area contributed by atoms with E-state index in [1.807, 2.05) is 76.4 Å². The molecular formula is C40H42BrIN4O4Si. The van der Waals surface area contributed by atoms with Crippen molar-refractivity contribution in [2.45, 2.75) is 62.7 Å². The summed E-state index contributed by atoms with van der Waals surface area (Å²) < 4.78 is 16.7.